The van der Waals surface area contributed by atoms with E-state index in [9.17, 15) is 18.0 Å². The van der Waals surface area contributed by atoms with E-state index in [2.05, 4.69) is 42.0 Å². The van der Waals surface area contributed by atoms with E-state index in [1.165, 1.54) is 4.90 Å². The molecule has 1 N–H and O–H groups in total. The normalized spacial score (nSPS) is 12.6. The average Bonchev–Trinajstić information content (AvgIpc) is 2.92. The molecule has 0 aromatic heterocycles. The van der Waals surface area contributed by atoms with Gasteiger partial charge in [0.05, 0.1) is 11.9 Å². The molecule has 0 saturated carbocycles. The highest BCUT2D eigenvalue weighted by molar-refractivity contribution is 9.10. The summed E-state index contributed by atoms with van der Waals surface area (Å²) in [5, 5.41) is 3.00. The Morgan fingerprint density at radius 1 is 0.881 bits per heavy atom. The second-order valence-electron chi connectivity index (χ2n) is 12.1. The zero-order valence-corrected chi connectivity index (χ0v) is 27.7. The van der Waals surface area contributed by atoms with Crippen LogP contribution in [0, 0.1) is 5.92 Å². The van der Waals surface area contributed by atoms with Crippen molar-refractivity contribution in [2.75, 3.05) is 23.7 Å². The third kappa shape index (κ3) is 9.70. The molecule has 7 nitrogen and oxygen atoms in total. The van der Waals surface area contributed by atoms with Crippen LogP contribution in [0.25, 0.3) is 0 Å². The molecule has 2 amide bonds. The largest absolute Gasteiger partial charge is 0.354 e. The maximum Gasteiger partial charge on any atom is 0.244 e. The minimum absolute atomic E-state index is 0.111. The first kappa shape index (κ1) is 33.3. The molecule has 42 heavy (non-hydrogen) atoms. The molecule has 0 aliphatic heterocycles. The number of amides is 2. The van der Waals surface area contributed by atoms with Crippen molar-refractivity contribution in [3.8, 4) is 0 Å². The Kier molecular flexibility index (Phi) is 11.4. The first-order chi connectivity index (χ1) is 19.6. The molecule has 0 bridgehead atoms. The van der Waals surface area contributed by atoms with Crippen molar-refractivity contribution in [3.05, 3.63) is 100 Å². The van der Waals surface area contributed by atoms with Crippen LogP contribution in [0.5, 0.6) is 0 Å². The number of nitrogens with one attached hydrogen (secondary N) is 1. The van der Waals surface area contributed by atoms with Gasteiger partial charge in [-0.05, 0) is 52.3 Å². The number of rotatable bonds is 12. The van der Waals surface area contributed by atoms with Gasteiger partial charge in [0.2, 0.25) is 21.8 Å². The van der Waals surface area contributed by atoms with Gasteiger partial charge >= 0.3 is 0 Å². The Bertz CT molecular complexity index is 1440. The van der Waals surface area contributed by atoms with Crippen molar-refractivity contribution in [1.29, 1.82) is 0 Å². The van der Waals surface area contributed by atoms with E-state index in [1.54, 1.807) is 12.1 Å². The van der Waals surface area contributed by atoms with Crippen LogP contribution >= 0.6 is 15.9 Å². The van der Waals surface area contributed by atoms with Crippen LogP contribution in [0.4, 0.5) is 5.69 Å². The Morgan fingerprint density at radius 2 is 1.48 bits per heavy atom. The number of carbonyl (C=O) groups excluding carboxylic acids is 2. The topological polar surface area (TPSA) is 86.8 Å². The fraction of sp³-hybridized carbons (Fsp3) is 0.394. The summed E-state index contributed by atoms with van der Waals surface area (Å²) in [6.45, 7) is 10.4. The summed E-state index contributed by atoms with van der Waals surface area (Å²) in [5.74, 6) is -0.527. The lowest BCUT2D eigenvalue weighted by molar-refractivity contribution is -0.140. The van der Waals surface area contributed by atoms with E-state index < -0.39 is 28.5 Å². The monoisotopic (exact) mass is 655 g/mol. The quantitative estimate of drug-likeness (QED) is 0.262. The van der Waals surface area contributed by atoms with E-state index in [0.29, 0.717) is 12.2 Å². The predicted octanol–water partition coefficient (Wildman–Crippen LogP) is 5.92. The summed E-state index contributed by atoms with van der Waals surface area (Å²) >= 11 is 3.45. The van der Waals surface area contributed by atoms with Gasteiger partial charge in [-0.3, -0.25) is 13.9 Å². The number of anilines is 1. The Labute approximate surface area is 259 Å². The van der Waals surface area contributed by atoms with E-state index in [1.807, 2.05) is 80.6 Å². The maximum absolute atomic E-state index is 14.2. The Morgan fingerprint density at radius 3 is 2.00 bits per heavy atom. The second kappa shape index (κ2) is 14.3. The highest BCUT2D eigenvalue weighted by atomic mass is 79.9. The SMILES string of the molecule is CC(C)CNC(=O)[C@@H](Cc1ccccc1)N(Cc1ccc(Br)cc1)C(=O)CN(c1ccc(C(C)(C)C)cc1)S(C)(=O)=O. The minimum atomic E-state index is -3.82. The van der Waals surface area contributed by atoms with Gasteiger partial charge in [0.1, 0.15) is 12.6 Å². The Balaban J connectivity index is 2.04. The molecule has 3 aromatic carbocycles. The number of hydrogen-bond donors (Lipinski definition) is 1. The molecule has 9 heteroatoms. The summed E-state index contributed by atoms with van der Waals surface area (Å²) in [5.41, 5.74) is 3.05. The standard InChI is InChI=1S/C33H42BrN3O4S/c1-24(2)21-35-32(39)30(20-25-10-8-7-9-11-25)36(22-26-12-16-28(34)17-13-26)31(38)23-37(42(6,40)41)29-18-14-27(15-19-29)33(3,4)5/h7-19,24,30H,20-23H2,1-6H3,(H,35,39)/t30-/m1/s1. The van der Waals surface area contributed by atoms with Gasteiger partial charge in [-0.25, -0.2) is 8.42 Å². The summed E-state index contributed by atoms with van der Waals surface area (Å²) in [6, 6.07) is 23.4. The van der Waals surface area contributed by atoms with Crippen LogP contribution in [0.3, 0.4) is 0 Å². The number of halogens is 1. The molecule has 226 valence electrons. The molecule has 0 aliphatic carbocycles. The van der Waals surface area contributed by atoms with Gasteiger partial charge in [-0.15, -0.1) is 0 Å². The van der Waals surface area contributed by atoms with Crippen molar-refractivity contribution in [2.45, 2.75) is 59.0 Å². The number of nitrogens with zero attached hydrogens (tertiary/aromatic N) is 2. The number of hydrogen-bond acceptors (Lipinski definition) is 4. The first-order valence-corrected chi connectivity index (χ1v) is 16.7. The lowest BCUT2D eigenvalue weighted by atomic mass is 9.87. The van der Waals surface area contributed by atoms with Gasteiger partial charge < -0.3 is 10.2 Å². The van der Waals surface area contributed by atoms with Gasteiger partial charge in [0.25, 0.3) is 0 Å². The summed E-state index contributed by atoms with van der Waals surface area (Å²) < 4.78 is 28.0. The summed E-state index contributed by atoms with van der Waals surface area (Å²) in [6.07, 6.45) is 1.38. The smallest absolute Gasteiger partial charge is 0.244 e. The summed E-state index contributed by atoms with van der Waals surface area (Å²) in [7, 11) is -3.82. The number of benzene rings is 3. The molecule has 0 saturated heterocycles. The third-order valence-electron chi connectivity index (χ3n) is 6.92. The molecule has 0 unspecified atom stereocenters. The molecule has 3 aromatic rings. The van der Waals surface area contributed by atoms with Crippen LogP contribution in [-0.2, 0) is 38.0 Å². The van der Waals surface area contributed by atoms with Gasteiger partial charge in [0, 0.05) is 24.0 Å². The highest BCUT2D eigenvalue weighted by Crippen LogP contribution is 2.26. The van der Waals surface area contributed by atoms with Crippen molar-refractivity contribution in [2.24, 2.45) is 5.92 Å². The minimum Gasteiger partial charge on any atom is -0.354 e. The van der Waals surface area contributed by atoms with E-state index in [-0.39, 0.29) is 30.2 Å². The Hall–Kier alpha value is -3.17. The lowest BCUT2D eigenvalue weighted by Gasteiger charge is -2.33. The molecule has 1 atom stereocenters. The van der Waals surface area contributed by atoms with Crippen LogP contribution in [-0.4, -0.2) is 50.5 Å². The number of sulfonamides is 1. The van der Waals surface area contributed by atoms with Crippen LogP contribution in [0.1, 0.15) is 51.3 Å². The molecule has 0 aliphatic rings. The van der Waals surface area contributed by atoms with E-state index in [4.69, 9.17) is 0 Å². The third-order valence-corrected chi connectivity index (χ3v) is 8.59. The molecule has 0 spiro atoms. The van der Waals surface area contributed by atoms with Crippen LogP contribution in [0.2, 0.25) is 0 Å². The zero-order valence-electron chi connectivity index (χ0n) is 25.3. The lowest BCUT2D eigenvalue weighted by Crippen LogP contribution is -2.53. The number of carbonyl (C=O) groups is 2. The maximum atomic E-state index is 14.2. The van der Waals surface area contributed by atoms with Crippen molar-refractivity contribution in [3.63, 3.8) is 0 Å². The highest BCUT2D eigenvalue weighted by Gasteiger charge is 2.33. The van der Waals surface area contributed by atoms with Crippen molar-refractivity contribution >= 4 is 43.5 Å². The average molecular weight is 657 g/mol. The van der Waals surface area contributed by atoms with Gasteiger partial charge in [-0.2, -0.15) is 0 Å². The van der Waals surface area contributed by atoms with Crippen molar-refractivity contribution < 1.29 is 18.0 Å². The van der Waals surface area contributed by atoms with Crippen LogP contribution in [0.15, 0.2) is 83.3 Å². The molecule has 0 heterocycles. The second-order valence-corrected chi connectivity index (χ2v) is 14.9. The van der Waals surface area contributed by atoms with Crippen molar-refractivity contribution in [1.82, 2.24) is 10.2 Å². The predicted molar refractivity (Wildman–Crippen MR) is 174 cm³/mol. The van der Waals surface area contributed by atoms with Gasteiger partial charge in [0.15, 0.2) is 0 Å². The molecule has 0 fully saturated rings. The first-order valence-electron chi connectivity index (χ1n) is 14.1. The van der Waals surface area contributed by atoms with Gasteiger partial charge in [-0.1, -0.05) is 105 Å². The fourth-order valence-corrected chi connectivity index (χ4v) is 5.62. The molecule has 0 radical (unpaired) electrons. The summed E-state index contributed by atoms with van der Waals surface area (Å²) in [4.78, 5) is 29.4. The molecule has 3 rings (SSSR count). The van der Waals surface area contributed by atoms with E-state index in [0.717, 1.165) is 31.7 Å². The van der Waals surface area contributed by atoms with Crippen LogP contribution < -0.4 is 9.62 Å². The molecular weight excluding hydrogens is 614 g/mol. The molecular formula is C33H42BrN3O4S. The fourth-order valence-electron chi connectivity index (χ4n) is 4.50. The van der Waals surface area contributed by atoms with E-state index >= 15 is 0 Å². The zero-order chi connectivity index (χ0) is 31.1.